The van der Waals surface area contributed by atoms with Gasteiger partial charge >= 0.3 is 12.0 Å². The third-order valence-electron chi connectivity index (χ3n) is 3.74. The average molecular weight is 285 g/mol. The van der Waals surface area contributed by atoms with Crippen molar-refractivity contribution in [2.45, 2.75) is 32.7 Å². The maximum atomic E-state index is 12.4. The van der Waals surface area contributed by atoms with Gasteiger partial charge in [-0.15, -0.1) is 0 Å². The molecular formula is C13H23N3O4. The highest BCUT2D eigenvalue weighted by atomic mass is 16.4. The van der Waals surface area contributed by atoms with Crippen molar-refractivity contribution in [2.75, 3.05) is 26.7 Å². The predicted octanol–water partition coefficient (Wildman–Crippen LogP) is 0.359. The predicted molar refractivity (Wildman–Crippen MR) is 73.2 cm³/mol. The molecule has 0 saturated carbocycles. The Morgan fingerprint density at radius 1 is 1.40 bits per heavy atom. The van der Waals surface area contributed by atoms with Crippen molar-refractivity contribution in [2.24, 2.45) is 5.92 Å². The monoisotopic (exact) mass is 285 g/mol. The van der Waals surface area contributed by atoms with Gasteiger partial charge in [0.2, 0.25) is 5.91 Å². The van der Waals surface area contributed by atoms with E-state index in [9.17, 15) is 14.4 Å². The van der Waals surface area contributed by atoms with Gasteiger partial charge in [-0.1, -0.05) is 0 Å². The normalized spacial score (nSPS) is 22.2. The molecule has 1 saturated heterocycles. The number of amides is 3. The zero-order chi connectivity index (χ0) is 15.3. The second-order valence-corrected chi connectivity index (χ2v) is 5.07. The molecule has 2 atom stereocenters. The highest BCUT2D eigenvalue weighted by Crippen LogP contribution is 2.24. The Bertz CT molecular complexity index is 386. The number of carboxylic acids is 1. The van der Waals surface area contributed by atoms with Crippen LogP contribution in [0, 0.1) is 5.92 Å². The second-order valence-electron chi connectivity index (χ2n) is 5.07. The van der Waals surface area contributed by atoms with E-state index in [1.165, 1.54) is 11.9 Å². The first-order valence-corrected chi connectivity index (χ1v) is 6.89. The lowest BCUT2D eigenvalue weighted by atomic mass is 9.92. The molecule has 114 valence electrons. The van der Waals surface area contributed by atoms with E-state index in [2.05, 4.69) is 5.32 Å². The quantitative estimate of drug-likeness (QED) is 0.780. The van der Waals surface area contributed by atoms with Gasteiger partial charge in [0.15, 0.2) is 0 Å². The number of likely N-dealkylation sites (N-methyl/N-ethyl adjacent to an activating group) is 2. The van der Waals surface area contributed by atoms with Gasteiger partial charge < -0.3 is 20.2 Å². The number of urea groups is 1. The second kappa shape index (κ2) is 7.12. The van der Waals surface area contributed by atoms with Crippen LogP contribution in [0.2, 0.25) is 0 Å². The van der Waals surface area contributed by atoms with Crippen molar-refractivity contribution in [3.05, 3.63) is 0 Å². The number of carbonyl (C=O) groups is 3. The Labute approximate surface area is 118 Å². The van der Waals surface area contributed by atoms with Gasteiger partial charge in [-0.25, -0.2) is 4.79 Å². The van der Waals surface area contributed by atoms with Crippen molar-refractivity contribution in [3.8, 4) is 0 Å². The molecule has 1 rings (SSSR count). The van der Waals surface area contributed by atoms with Crippen LogP contribution in [0.4, 0.5) is 4.79 Å². The lowest BCUT2D eigenvalue weighted by molar-refractivity contribution is -0.143. The van der Waals surface area contributed by atoms with Crippen molar-refractivity contribution in [3.63, 3.8) is 0 Å². The summed E-state index contributed by atoms with van der Waals surface area (Å²) in [6.07, 6.45) is 0.918. The fourth-order valence-electron chi connectivity index (χ4n) is 2.43. The Hall–Kier alpha value is -1.79. The summed E-state index contributed by atoms with van der Waals surface area (Å²) in [6.45, 7) is 4.55. The van der Waals surface area contributed by atoms with Crippen molar-refractivity contribution < 1.29 is 19.5 Å². The van der Waals surface area contributed by atoms with Gasteiger partial charge in [-0.05, 0) is 26.7 Å². The first-order chi connectivity index (χ1) is 9.40. The van der Waals surface area contributed by atoms with Crippen LogP contribution in [-0.2, 0) is 9.59 Å². The molecule has 0 aromatic heterocycles. The first kappa shape index (κ1) is 16.3. The van der Waals surface area contributed by atoms with Crippen LogP contribution in [0.5, 0.6) is 0 Å². The summed E-state index contributed by atoms with van der Waals surface area (Å²) >= 11 is 0. The number of hydrogen-bond donors (Lipinski definition) is 2. The summed E-state index contributed by atoms with van der Waals surface area (Å²) in [4.78, 5) is 37.9. The third kappa shape index (κ3) is 3.85. The van der Waals surface area contributed by atoms with Crippen LogP contribution in [0.1, 0.15) is 26.7 Å². The van der Waals surface area contributed by atoms with Crippen molar-refractivity contribution in [1.29, 1.82) is 0 Å². The maximum Gasteiger partial charge on any atom is 0.320 e. The molecule has 0 radical (unpaired) electrons. The van der Waals surface area contributed by atoms with Gasteiger partial charge in [0.1, 0.15) is 6.54 Å². The summed E-state index contributed by atoms with van der Waals surface area (Å²) < 4.78 is 0. The number of hydrogen-bond acceptors (Lipinski definition) is 3. The van der Waals surface area contributed by atoms with E-state index in [1.54, 1.807) is 4.90 Å². The molecule has 1 fully saturated rings. The summed E-state index contributed by atoms with van der Waals surface area (Å²) in [5, 5.41) is 11.5. The summed E-state index contributed by atoms with van der Waals surface area (Å²) in [5.41, 5.74) is 0. The van der Waals surface area contributed by atoms with Crippen LogP contribution < -0.4 is 5.32 Å². The molecule has 0 aliphatic carbocycles. The van der Waals surface area contributed by atoms with Crippen LogP contribution in [-0.4, -0.2) is 65.5 Å². The van der Waals surface area contributed by atoms with Crippen molar-refractivity contribution in [1.82, 2.24) is 15.1 Å². The average Bonchev–Trinajstić information content (AvgIpc) is 2.43. The topological polar surface area (TPSA) is 90.0 Å². The van der Waals surface area contributed by atoms with Gasteiger partial charge in [0.25, 0.3) is 0 Å². The fraction of sp³-hybridized carbons (Fsp3) is 0.769. The maximum absolute atomic E-state index is 12.4. The molecule has 0 aromatic rings. The van der Waals surface area contributed by atoms with E-state index in [-0.39, 0.29) is 30.4 Å². The van der Waals surface area contributed by atoms with Gasteiger partial charge in [0, 0.05) is 26.2 Å². The minimum Gasteiger partial charge on any atom is -0.481 e. The van der Waals surface area contributed by atoms with Crippen LogP contribution in [0.15, 0.2) is 0 Å². The largest absolute Gasteiger partial charge is 0.481 e. The molecule has 3 amide bonds. The lowest BCUT2D eigenvalue weighted by Gasteiger charge is -2.39. The summed E-state index contributed by atoms with van der Waals surface area (Å²) in [5.74, 6) is -1.40. The third-order valence-corrected chi connectivity index (χ3v) is 3.74. The Balaban J connectivity index is 2.66. The molecule has 0 bridgehead atoms. The summed E-state index contributed by atoms with van der Waals surface area (Å²) in [6, 6.07) is -0.330. The molecular weight excluding hydrogens is 262 g/mol. The molecule has 7 nitrogen and oxygen atoms in total. The number of carboxylic acid groups (broad SMARTS) is 1. The van der Waals surface area contributed by atoms with E-state index < -0.39 is 5.97 Å². The van der Waals surface area contributed by atoms with E-state index >= 15 is 0 Å². The minimum atomic E-state index is -0.804. The molecule has 1 heterocycles. The highest BCUT2D eigenvalue weighted by molar-refractivity contribution is 5.84. The van der Waals surface area contributed by atoms with Crippen LogP contribution >= 0.6 is 0 Å². The van der Waals surface area contributed by atoms with Crippen LogP contribution in [0.3, 0.4) is 0 Å². The Morgan fingerprint density at radius 3 is 2.50 bits per heavy atom. The Kier molecular flexibility index (Phi) is 5.79. The van der Waals surface area contributed by atoms with E-state index in [4.69, 9.17) is 5.11 Å². The number of carbonyl (C=O) groups excluding carboxylic acids is 2. The summed E-state index contributed by atoms with van der Waals surface area (Å²) in [7, 11) is 1.53. The molecule has 2 N–H and O–H groups in total. The highest BCUT2D eigenvalue weighted by Gasteiger charge is 2.34. The van der Waals surface area contributed by atoms with Crippen LogP contribution in [0.25, 0.3) is 0 Å². The molecule has 1 aliphatic rings. The first-order valence-electron chi connectivity index (χ1n) is 6.89. The van der Waals surface area contributed by atoms with E-state index in [1.807, 2.05) is 13.8 Å². The molecule has 7 heteroatoms. The fourth-order valence-corrected chi connectivity index (χ4v) is 2.43. The number of nitrogens with one attached hydrogen (secondary N) is 1. The molecule has 0 spiro atoms. The Morgan fingerprint density at radius 2 is 2.05 bits per heavy atom. The van der Waals surface area contributed by atoms with Gasteiger partial charge in [-0.3, -0.25) is 9.59 Å². The lowest BCUT2D eigenvalue weighted by Crippen LogP contribution is -2.53. The number of piperidine rings is 1. The van der Waals surface area contributed by atoms with E-state index in [0.717, 1.165) is 0 Å². The number of nitrogens with zero attached hydrogens (tertiary/aromatic N) is 2. The number of aliphatic carboxylic acids is 1. The molecule has 0 aromatic carbocycles. The SMILES string of the molecule is CCN(CC(=O)NC)C(=O)N1CCC(C(=O)O)CC1C. The molecule has 2 unspecified atom stereocenters. The molecule has 20 heavy (non-hydrogen) atoms. The van der Waals surface area contributed by atoms with Gasteiger partial charge in [-0.2, -0.15) is 0 Å². The smallest absolute Gasteiger partial charge is 0.320 e. The zero-order valence-electron chi connectivity index (χ0n) is 12.3. The minimum absolute atomic E-state index is 0.0252. The standard InChI is InChI=1S/C13H23N3O4/c1-4-15(8-11(17)14-3)13(20)16-6-5-10(12(18)19)7-9(16)2/h9-10H,4-8H2,1-3H3,(H,14,17)(H,18,19). The van der Waals surface area contributed by atoms with Crippen molar-refractivity contribution >= 4 is 17.9 Å². The zero-order valence-corrected chi connectivity index (χ0v) is 12.3. The number of likely N-dealkylation sites (tertiary alicyclic amines) is 1. The number of rotatable bonds is 4. The molecule has 1 aliphatic heterocycles. The van der Waals surface area contributed by atoms with E-state index in [0.29, 0.717) is 25.9 Å². The van der Waals surface area contributed by atoms with Gasteiger partial charge in [0.05, 0.1) is 5.92 Å².